The highest BCUT2D eigenvalue weighted by atomic mass is 15.4. The zero-order valence-electron chi connectivity index (χ0n) is 13.6. The fourth-order valence-corrected chi connectivity index (χ4v) is 1.30. The lowest BCUT2D eigenvalue weighted by Crippen LogP contribution is -2.35. The molecular formula is C12H26N10. The van der Waals surface area contributed by atoms with E-state index < -0.39 is 0 Å². The Morgan fingerprint density at radius 1 is 0.500 bits per heavy atom. The summed E-state index contributed by atoms with van der Waals surface area (Å²) in [5, 5.41) is 23.1. The number of rotatable bonds is 0. The summed E-state index contributed by atoms with van der Waals surface area (Å²) in [6.07, 6.45) is 0. The molecule has 0 aromatic heterocycles. The summed E-state index contributed by atoms with van der Waals surface area (Å²) < 4.78 is 0. The molecular weight excluding hydrogens is 284 g/mol. The maximum Gasteiger partial charge on any atom is 0.0837 e. The zero-order chi connectivity index (χ0) is 16.2. The van der Waals surface area contributed by atoms with Crippen LogP contribution in [0.25, 0.3) is 0 Å². The molecule has 0 saturated heterocycles. The van der Waals surface area contributed by atoms with Crippen molar-refractivity contribution in [2.75, 3.05) is 26.7 Å². The van der Waals surface area contributed by atoms with Gasteiger partial charge >= 0.3 is 0 Å². The lowest BCUT2D eigenvalue weighted by atomic mass is 10.3. The number of hydrogen-bond donors (Lipinski definition) is 6. The van der Waals surface area contributed by atoms with Crippen LogP contribution < -0.4 is 32.3 Å². The van der Waals surface area contributed by atoms with Gasteiger partial charge in [-0.25, -0.2) is 0 Å². The van der Waals surface area contributed by atoms with E-state index in [0.29, 0.717) is 26.7 Å². The van der Waals surface area contributed by atoms with E-state index in [1.54, 1.807) is 0 Å². The first-order chi connectivity index (χ1) is 10.6. The molecule has 0 bridgehead atoms. The molecule has 10 nitrogen and oxygen atoms in total. The minimum absolute atomic E-state index is 0.524. The predicted molar refractivity (Wildman–Crippen MR) is 90.7 cm³/mol. The van der Waals surface area contributed by atoms with Crippen molar-refractivity contribution in [3.8, 4) is 0 Å². The molecule has 0 unspecified atom stereocenters. The molecule has 6 N–H and O–H groups in total. The average Bonchev–Trinajstić information content (AvgIpc) is 2.51. The second kappa shape index (κ2) is 10.5. The Kier molecular flexibility index (Phi) is 8.53. The minimum atomic E-state index is 0.524. The maximum atomic E-state index is 4.21. The van der Waals surface area contributed by atoms with Crippen LogP contribution in [0.1, 0.15) is 27.7 Å². The Morgan fingerprint density at radius 3 is 0.955 bits per heavy atom. The maximum absolute atomic E-state index is 4.21. The van der Waals surface area contributed by atoms with Gasteiger partial charge in [-0.1, -0.05) is 0 Å². The second-order valence-corrected chi connectivity index (χ2v) is 4.63. The van der Waals surface area contributed by atoms with Crippen molar-refractivity contribution in [1.82, 2.24) is 32.3 Å². The fraction of sp³-hybridized carbons (Fsp3) is 0.667. The SMILES string of the molecule is CC1=N/NCNCN/N=C(C)/C(C)=N\NCNCN\N=C\1C. The van der Waals surface area contributed by atoms with Gasteiger partial charge in [0.1, 0.15) is 0 Å². The Labute approximate surface area is 131 Å². The molecule has 0 atom stereocenters. The molecule has 1 heterocycles. The van der Waals surface area contributed by atoms with Gasteiger partial charge in [0.25, 0.3) is 0 Å². The van der Waals surface area contributed by atoms with E-state index in [-0.39, 0.29) is 0 Å². The van der Waals surface area contributed by atoms with Crippen LogP contribution in [0.3, 0.4) is 0 Å². The highest BCUT2D eigenvalue weighted by Crippen LogP contribution is 1.82. The first kappa shape index (κ1) is 17.9. The summed E-state index contributed by atoms with van der Waals surface area (Å²) in [7, 11) is 0. The molecule has 0 aromatic rings. The monoisotopic (exact) mass is 310 g/mol. The number of hydrogen-bond acceptors (Lipinski definition) is 10. The third kappa shape index (κ3) is 7.55. The van der Waals surface area contributed by atoms with E-state index in [4.69, 9.17) is 0 Å². The van der Waals surface area contributed by atoms with E-state index >= 15 is 0 Å². The summed E-state index contributed by atoms with van der Waals surface area (Å²) in [4.78, 5) is 0. The van der Waals surface area contributed by atoms with E-state index in [0.717, 1.165) is 22.8 Å². The molecule has 10 heteroatoms. The van der Waals surface area contributed by atoms with E-state index in [1.165, 1.54) is 0 Å². The largest absolute Gasteiger partial charge is 0.296 e. The van der Waals surface area contributed by atoms with Crippen molar-refractivity contribution in [2.45, 2.75) is 27.7 Å². The van der Waals surface area contributed by atoms with Crippen molar-refractivity contribution in [3.05, 3.63) is 0 Å². The number of nitrogens with zero attached hydrogens (tertiary/aromatic N) is 4. The first-order valence-electron chi connectivity index (χ1n) is 7.12. The molecule has 0 spiro atoms. The van der Waals surface area contributed by atoms with Crippen molar-refractivity contribution in [1.29, 1.82) is 0 Å². The highest BCUT2D eigenvalue weighted by Gasteiger charge is 1.98. The lowest BCUT2D eigenvalue weighted by Gasteiger charge is -2.09. The molecule has 1 aliphatic rings. The van der Waals surface area contributed by atoms with E-state index in [1.807, 2.05) is 27.7 Å². The van der Waals surface area contributed by atoms with Gasteiger partial charge in [0, 0.05) is 0 Å². The molecule has 0 radical (unpaired) electrons. The standard InChI is InChI=1S/C12H26N10/c1-9-10(2)20-16-6-14-8-18-22-12(4)11(3)21-17-7-13-5-15-19-9/h13-18H,5-8H2,1-4H3/b19-9-,20-10+,21-11+,22-12-. The normalized spacial score (nSPS) is 28.9. The van der Waals surface area contributed by atoms with Crippen LogP contribution in [0.5, 0.6) is 0 Å². The molecule has 0 aromatic carbocycles. The Bertz CT molecular complexity index is 369. The van der Waals surface area contributed by atoms with Crippen LogP contribution in [0.2, 0.25) is 0 Å². The average molecular weight is 310 g/mol. The summed E-state index contributed by atoms with van der Waals surface area (Å²) in [6, 6.07) is 0. The van der Waals surface area contributed by atoms with Crippen molar-refractivity contribution in [3.63, 3.8) is 0 Å². The molecule has 0 aliphatic carbocycles. The van der Waals surface area contributed by atoms with Crippen LogP contribution >= 0.6 is 0 Å². The number of hydrazone groups is 4. The Morgan fingerprint density at radius 2 is 0.727 bits per heavy atom. The first-order valence-corrected chi connectivity index (χ1v) is 7.12. The summed E-state index contributed by atoms with van der Waals surface area (Å²) in [5.41, 5.74) is 14.9. The Balaban J connectivity index is 2.59. The van der Waals surface area contributed by atoms with Gasteiger partial charge in [-0.05, 0) is 27.7 Å². The molecule has 22 heavy (non-hydrogen) atoms. The molecule has 0 fully saturated rings. The molecule has 0 amide bonds. The van der Waals surface area contributed by atoms with Crippen molar-refractivity contribution >= 4 is 22.8 Å². The van der Waals surface area contributed by atoms with Gasteiger partial charge in [0.05, 0.1) is 49.5 Å². The summed E-state index contributed by atoms with van der Waals surface area (Å²) in [6.45, 7) is 9.67. The quantitative estimate of drug-likeness (QED) is 0.337. The van der Waals surface area contributed by atoms with Gasteiger partial charge in [0.2, 0.25) is 0 Å². The predicted octanol–water partition coefficient (Wildman–Crippen LogP) is -1.13. The molecule has 0 saturated carbocycles. The van der Waals surface area contributed by atoms with Crippen molar-refractivity contribution < 1.29 is 0 Å². The van der Waals surface area contributed by atoms with Gasteiger partial charge in [-0.2, -0.15) is 20.4 Å². The smallest absolute Gasteiger partial charge is 0.0837 e. The highest BCUT2D eigenvalue weighted by molar-refractivity contribution is 6.40. The summed E-state index contributed by atoms with van der Waals surface area (Å²) >= 11 is 0. The van der Waals surface area contributed by atoms with E-state index in [9.17, 15) is 0 Å². The molecule has 1 rings (SSSR count). The number of nitrogens with one attached hydrogen (secondary N) is 6. The minimum Gasteiger partial charge on any atom is -0.296 e. The van der Waals surface area contributed by atoms with Gasteiger partial charge in [0.15, 0.2) is 0 Å². The van der Waals surface area contributed by atoms with Crippen LogP contribution in [-0.4, -0.2) is 49.5 Å². The van der Waals surface area contributed by atoms with Gasteiger partial charge < -0.3 is 0 Å². The van der Waals surface area contributed by atoms with Gasteiger partial charge in [-0.15, -0.1) is 0 Å². The van der Waals surface area contributed by atoms with Crippen LogP contribution in [0.4, 0.5) is 0 Å². The fourth-order valence-electron chi connectivity index (χ4n) is 1.30. The Hall–Kier alpha value is -2.20. The van der Waals surface area contributed by atoms with Crippen LogP contribution in [0.15, 0.2) is 20.4 Å². The van der Waals surface area contributed by atoms with Gasteiger partial charge in [-0.3, -0.25) is 32.3 Å². The molecule has 1 aliphatic heterocycles. The third-order valence-electron chi connectivity index (χ3n) is 2.85. The van der Waals surface area contributed by atoms with Crippen molar-refractivity contribution in [2.24, 2.45) is 20.4 Å². The molecule has 124 valence electrons. The van der Waals surface area contributed by atoms with Crippen LogP contribution in [0, 0.1) is 0 Å². The topological polar surface area (TPSA) is 122 Å². The third-order valence-corrected chi connectivity index (χ3v) is 2.85. The lowest BCUT2D eigenvalue weighted by molar-refractivity contribution is 0.553. The summed E-state index contributed by atoms with van der Waals surface area (Å²) in [5.74, 6) is 0. The zero-order valence-corrected chi connectivity index (χ0v) is 13.6. The van der Waals surface area contributed by atoms with Crippen LogP contribution in [-0.2, 0) is 0 Å². The second-order valence-electron chi connectivity index (χ2n) is 4.63. The van der Waals surface area contributed by atoms with E-state index in [2.05, 4.69) is 52.7 Å².